The Labute approximate surface area is 214 Å². The van der Waals surface area contributed by atoms with Gasteiger partial charge in [0.05, 0.1) is 13.0 Å². The summed E-state index contributed by atoms with van der Waals surface area (Å²) < 4.78 is 0. The molecule has 3 aliphatic rings. The number of hydrogen-bond acceptors (Lipinski definition) is 4. The summed E-state index contributed by atoms with van der Waals surface area (Å²) in [7, 11) is 0. The number of carbonyl (C=O) groups excluding carboxylic acids is 2. The fourth-order valence-electron chi connectivity index (χ4n) is 4.61. The molecule has 7 nitrogen and oxygen atoms in total. The molecule has 1 fully saturated rings. The zero-order chi connectivity index (χ0) is 25.9. The van der Waals surface area contributed by atoms with E-state index in [1.807, 2.05) is 44.2 Å². The molecule has 1 aromatic rings. The van der Waals surface area contributed by atoms with E-state index in [0.717, 1.165) is 44.2 Å². The van der Waals surface area contributed by atoms with Crippen LogP contribution in [0, 0.1) is 17.8 Å². The molecule has 4 rings (SSSR count). The van der Waals surface area contributed by atoms with Gasteiger partial charge in [0.25, 0.3) is 0 Å². The lowest BCUT2D eigenvalue weighted by molar-refractivity contribution is -0.140. The Kier molecular flexibility index (Phi) is 10.2. The zero-order valence-corrected chi connectivity index (χ0v) is 21.3. The standard InChI is InChI=1S/C29H37N3O4/c1-3-16-32(29(36)21(2)12-14-23-17-25-11-7-10-24(23)19-30-25)20-27(33)31-26(18-28(34)35)15-13-22-8-5-4-6-9-22/h4-6,8-9,17,21,26,30H,3,7,10-12,14,16,18-20H2,1-2H3,(H,31,33)(H,34,35). The van der Waals surface area contributed by atoms with Gasteiger partial charge in [-0.15, -0.1) is 0 Å². The quantitative estimate of drug-likeness (QED) is 0.411. The molecule has 192 valence electrons. The van der Waals surface area contributed by atoms with Crippen LogP contribution in [0.4, 0.5) is 0 Å². The van der Waals surface area contributed by atoms with Crippen molar-refractivity contribution < 1.29 is 19.5 Å². The average Bonchev–Trinajstić information content (AvgIpc) is 3.21. The van der Waals surface area contributed by atoms with Gasteiger partial charge in [0.2, 0.25) is 11.8 Å². The van der Waals surface area contributed by atoms with Crippen molar-refractivity contribution in [3.05, 3.63) is 58.8 Å². The zero-order valence-electron chi connectivity index (χ0n) is 21.3. The highest BCUT2D eigenvalue weighted by molar-refractivity contribution is 5.86. The van der Waals surface area contributed by atoms with Gasteiger partial charge in [-0.3, -0.25) is 14.4 Å². The van der Waals surface area contributed by atoms with Crippen molar-refractivity contribution in [2.75, 3.05) is 19.6 Å². The summed E-state index contributed by atoms with van der Waals surface area (Å²) in [6.07, 6.45) is 7.61. The number of carbonyl (C=O) groups is 3. The third-order valence-electron chi connectivity index (χ3n) is 6.54. The lowest BCUT2D eigenvalue weighted by Gasteiger charge is -2.26. The Morgan fingerprint density at radius 1 is 1.19 bits per heavy atom. The minimum atomic E-state index is -1.05. The largest absolute Gasteiger partial charge is 0.481 e. The molecule has 2 atom stereocenters. The number of rotatable bonds is 11. The van der Waals surface area contributed by atoms with Gasteiger partial charge in [-0.05, 0) is 67.9 Å². The molecular formula is C29H37N3O4. The number of nitrogens with zero attached hydrogens (tertiary/aromatic N) is 1. The van der Waals surface area contributed by atoms with E-state index in [2.05, 4.69) is 28.6 Å². The first-order chi connectivity index (χ1) is 17.4. The smallest absolute Gasteiger partial charge is 0.306 e. The van der Waals surface area contributed by atoms with Crippen molar-refractivity contribution in [2.24, 2.45) is 5.92 Å². The monoisotopic (exact) mass is 491 g/mol. The molecule has 7 heteroatoms. The first-order valence-corrected chi connectivity index (χ1v) is 12.9. The summed E-state index contributed by atoms with van der Waals surface area (Å²) in [5, 5.41) is 15.4. The second-order valence-corrected chi connectivity index (χ2v) is 9.56. The van der Waals surface area contributed by atoms with Gasteiger partial charge in [-0.25, -0.2) is 0 Å². The van der Waals surface area contributed by atoms with Gasteiger partial charge in [0.1, 0.15) is 6.04 Å². The molecule has 0 spiro atoms. The van der Waals surface area contributed by atoms with Crippen molar-refractivity contribution in [1.82, 2.24) is 15.5 Å². The lowest BCUT2D eigenvalue weighted by Crippen LogP contribution is -2.46. The Balaban J connectivity index is 1.58. The van der Waals surface area contributed by atoms with Gasteiger partial charge in [0, 0.05) is 30.3 Å². The average molecular weight is 492 g/mol. The van der Waals surface area contributed by atoms with Crippen LogP contribution in [0.25, 0.3) is 0 Å². The van der Waals surface area contributed by atoms with E-state index in [1.165, 1.54) is 23.3 Å². The topological polar surface area (TPSA) is 98.7 Å². The minimum Gasteiger partial charge on any atom is -0.481 e. The van der Waals surface area contributed by atoms with Crippen molar-refractivity contribution >= 4 is 17.8 Å². The summed E-state index contributed by atoms with van der Waals surface area (Å²) in [4.78, 5) is 38.9. The van der Waals surface area contributed by atoms with E-state index in [9.17, 15) is 19.5 Å². The fraction of sp³-hybridized carbons (Fsp3) is 0.483. The maximum absolute atomic E-state index is 13.2. The number of allylic oxidation sites excluding steroid dienone is 3. The van der Waals surface area contributed by atoms with Gasteiger partial charge in [-0.2, -0.15) is 0 Å². The van der Waals surface area contributed by atoms with Gasteiger partial charge < -0.3 is 20.6 Å². The molecule has 1 aromatic carbocycles. The van der Waals surface area contributed by atoms with Crippen LogP contribution in [-0.2, 0) is 14.4 Å². The van der Waals surface area contributed by atoms with Gasteiger partial charge >= 0.3 is 5.97 Å². The molecule has 1 aliphatic carbocycles. The molecule has 1 saturated heterocycles. The lowest BCUT2D eigenvalue weighted by atomic mass is 9.94. The molecule has 2 bridgehead atoms. The van der Waals surface area contributed by atoms with Crippen LogP contribution < -0.4 is 10.6 Å². The van der Waals surface area contributed by atoms with Gasteiger partial charge in [0.15, 0.2) is 0 Å². The predicted octanol–water partition coefficient (Wildman–Crippen LogP) is 3.62. The Hall–Kier alpha value is -3.53. The molecular weight excluding hydrogens is 454 g/mol. The van der Waals surface area contributed by atoms with E-state index in [-0.39, 0.29) is 24.8 Å². The van der Waals surface area contributed by atoms with Crippen LogP contribution in [0.5, 0.6) is 0 Å². The summed E-state index contributed by atoms with van der Waals surface area (Å²) in [6.45, 7) is 5.17. The van der Waals surface area contributed by atoms with Crippen LogP contribution in [0.2, 0.25) is 0 Å². The molecule has 3 N–H and O–H groups in total. The van der Waals surface area contributed by atoms with E-state index >= 15 is 0 Å². The molecule has 0 saturated carbocycles. The number of fused-ring (bicyclic) bond motifs is 4. The highest BCUT2D eigenvalue weighted by Crippen LogP contribution is 2.29. The number of benzene rings is 1. The maximum Gasteiger partial charge on any atom is 0.306 e. The van der Waals surface area contributed by atoms with Crippen molar-refractivity contribution in [1.29, 1.82) is 0 Å². The number of dihydropyridines is 1. The molecule has 0 aromatic heterocycles. The number of carboxylic acids is 1. The number of hydrogen-bond donors (Lipinski definition) is 3. The normalized spacial score (nSPS) is 16.0. The maximum atomic E-state index is 13.2. The fourth-order valence-corrected chi connectivity index (χ4v) is 4.61. The second kappa shape index (κ2) is 13.5. The summed E-state index contributed by atoms with van der Waals surface area (Å²) in [5.41, 5.74) is 4.83. The van der Waals surface area contributed by atoms with E-state index < -0.39 is 17.9 Å². The van der Waals surface area contributed by atoms with Crippen LogP contribution >= 0.6 is 0 Å². The van der Waals surface area contributed by atoms with Crippen LogP contribution in [0.1, 0.15) is 64.4 Å². The molecule has 2 unspecified atom stereocenters. The summed E-state index contributed by atoms with van der Waals surface area (Å²) >= 11 is 0. The Morgan fingerprint density at radius 2 is 1.97 bits per heavy atom. The van der Waals surface area contributed by atoms with E-state index in [0.29, 0.717) is 6.54 Å². The van der Waals surface area contributed by atoms with Crippen molar-refractivity contribution in [3.8, 4) is 11.8 Å². The van der Waals surface area contributed by atoms with Crippen LogP contribution in [0.3, 0.4) is 0 Å². The summed E-state index contributed by atoms with van der Waals surface area (Å²) in [6, 6.07) is 8.35. The van der Waals surface area contributed by atoms with Crippen LogP contribution in [0.15, 0.2) is 53.3 Å². The number of carboxylic acid groups (broad SMARTS) is 1. The van der Waals surface area contributed by atoms with Crippen molar-refractivity contribution in [2.45, 2.75) is 64.8 Å². The highest BCUT2D eigenvalue weighted by atomic mass is 16.4. The molecule has 2 heterocycles. The first kappa shape index (κ1) is 27.1. The minimum absolute atomic E-state index is 0.0488. The van der Waals surface area contributed by atoms with Crippen LogP contribution in [-0.4, -0.2) is 53.5 Å². The summed E-state index contributed by atoms with van der Waals surface area (Å²) in [5.74, 6) is 4.05. The Bertz CT molecular complexity index is 1060. The second-order valence-electron chi connectivity index (χ2n) is 9.56. The highest BCUT2D eigenvalue weighted by Gasteiger charge is 2.25. The SMILES string of the molecule is CCCN(CC(=O)NC(C#Cc1ccccc1)CC(=O)O)C(=O)C(C)CCC1=C2CCCC(=C1)NC2. The number of aliphatic carboxylic acids is 1. The molecule has 0 radical (unpaired) electrons. The third kappa shape index (κ3) is 8.30. The molecule has 2 aliphatic heterocycles. The Morgan fingerprint density at radius 3 is 2.69 bits per heavy atom. The number of amides is 2. The predicted molar refractivity (Wildman–Crippen MR) is 140 cm³/mol. The molecule has 2 amide bonds. The molecule has 36 heavy (non-hydrogen) atoms. The number of nitrogens with one attached hydrogen (secondary N) is 2. The first-order valence-electron chi connectivity index (χ1n) is 12.9. The van der Waals surface area contributed by atoms with Crippen molar-refractivity contribution in [3.63, 3.8) is 0 Å². The van der Waals surface area contributed by atoms with Gasteiger partial charge in [-0.1, -0.05) is 43.9 Å². The van der Waals surface area contributed by atoms with E-state index in [4.69, 9.17) is 0 Å². The third-order valence-corrected chi connectivity index (χ3v) is 6.54. The van der Waals surface area contributed by atoms with E-state index in [1.54, 1.807) is 4.90 Å².